The van der Waals surface area contributed by atoms with Crippen LogP contribution < -0.4 is 5.73 Å². The lowest BCUT2D eigenvalue weighted by molar-refractivity contribution is 0.863. The molecule has 0 heterocycles. The Morgan fingerprint density at radius 1 is 0.944 bits per heavy atom. The van der Waals surface area contributed by atoms with Gasteiger partial charge in [-0.15, -0.1) is 0 Å². The average Bonchev–Trinajstić information content (AvgIpc) is 2.34. The van der Waals surface area contributed by atoms with Crippen molar-refractivity contribution in [3.63, 3.8) is 0 Å². The molecular formula is C14H12Br3N. The third kappa shape index (κ3) is 3.05. The molecule has 0 bridgehead atoms. The number of benzene rings is 2. The Hall–Kier alpha value is -0.160. The molecule has 0 aliphatic heterocycles. The third-order valence-corrected chi connectivity index (χ3v) is 4.91. The van der Waals surface area contributed by atoms with Crippen LogP contribution in [0.15, 0.2) is 49.8 Å². The highest BCUT2D eigenvalue weighted by molar-refractivity contribution is 9.11. The summed E-state index contributed by atoms with van der Waals surface area (Å²) in [6.07, 6.45) is 0. The van der Waals surface area contributed by atoms with Crippen LogP contribution in [0.3, 0.4) is 0 Å². The molecule has 0 fully saturated rings. The molecule has 0 saturated carbocycles. The summed E-state index contributed by atoms with van der Waals surface area (Å²) in [5, 5.41) is 0. The summed E-state index contributed by atoms with van der Waals surface area (Å²) in [6.45, 7) is 2.06. The number of nitrogens with two attached hydrogens (primary N) is 1. The molecule has 18 heavy (non-hydrogen) atoms. The monoisotopic (exact) mass is 431 g/mol. The molecule has 0 aliphatic carbocycles. The van der Waals surface area contributed by atoms with E-state index in [4.69, 9.17) is 5.73 Å². The first kappa shape index (κ1) is 14.3. The van der Waals surface area contributed by atoms with Crippen LogP contribution in [-0.4, -0.2) is 0 Å². The van der Waals surface area contributed by atoms with Crippen LogP contribution in [0, 0.1) is 6.92 Å². The summed E-state index contributed by atoms with van der Waals surface area (Å²) in [6, 6.07) is 12.1. The fourth-order valence-corrected chi connectivity index (χ4v) is 3.08. The number of halogens is 3. The predicted octanol–water partition coefficient (Wildman–Crippen LogP) is 5.33. The number of aryl methyl sites for hydroxylation is 1. The molecular weight excluding hydrogens is 422 g/mol. The van der Waals surface area contributed by atoms with Crippen LogP contribution in [-0.2, 0) is 0 Å². The number of hydrogen-bond acceptors (Lipinski definition) is 1. The number of hydrogen-bond donors (Lipinski definition) is 1. The standard InChI is InChI=1S/C14H12Br3N/c1-8-6-13(17)11(7-12(8)16)14(18)9-2-4-10(15)5-3-9/h2-7,14H,18H2,1H3. The molecule has 0 aliphatic rings. The minimum atomic E-state index is -0.135. The van der Waals surface area contributed by atoms with E-state index < -0.39 is 0 Å². The van der Waals surface area contributed by atoms with Gasteiger partial charge < -0.3 is 5.73 Å². The summed E-state index contributed by atoms with van der Waals surface area (Å²) < 4.78 is 3.18. The maximum atomic E-state index is 6.32. The molecule has 2 aromatic carbocycles. The van der Waals surface area contributed by atoms with E-state index in [0.717, 1.165) is 24.5 Å². The van der Waals surface area contributed by atoms with Crippen molar-refractivity contribution >= 4 is 47.8 Å². The van der Waals surface area contributed by atoms with Gasteiger partial charge in [0.1, 0.15) is 0 Å². The van der Waals surface area contributed by atoms with Crippen LogP contribution in [0.5, 0.6) is 0 Å². The van der Waals surface area contributed by atoms with Gasteiger partial charge in [-0.2, -0.15) is 0 Å². The van der Waals surface area contributed by atoms with Gasteiger partial charge in [-0.3, -0.25) is 0 Å². The second kappa shape index (κ2) is 5.87. The lowest BCUT2D eigenvalue weighted by Crippen LogP contribution is -2.12. The molecule has 0 aromatic heterocycles. The largest absolute Gasteiger partial charge is 0.320 e. The van der Waals surface area contributed by atoms with E-state index in [1.165, 1.54) is 5.56 Å². The van der Waals surface area contributed by atoms with Crippen LogP contribution in [0.1, 0.15) is 22.7 Å². The number of rotatable bonds is 2. The van der Waals surface area contributed by atoms with E-state index >= 15 is 0 Å². The molecule has 2 aromatic rings. The van der Waals surface area contributed by atoms with Gasteiger partial charge in [-0.1, -0.05) is 59.9 Å². The van der Waals surface area contributed by atoms with E-state index in [1.807, 2.05) is 24.3 Å². The Kier molecular flexibility index (Phi) is 4.64. The first-order valence-electron chi connectivity index (χ1n) is 5.45. The minimum absolute atomic E-state index is 0.135. The summed E-state index contributed by atoms with van der Waals surface area (Å²) in [7, 11) is 0. The minimum Gasteiger partial charge on any atom is -0.320 e. The Balaban J connectivity index is 2.42. The molecule has 0 saturated heterocycles. The van der Waals surface area contributed by atoms with Gasteiger partial charge in [0.05, 0.1) is 6.04 Å². The molecule has 1 unspecified atom stereocenters. The average molecular weight is 434 g/mol. The second-order valence-corrected chi connectivity index (χ2v) is 6.78. The van der Waals surface area contributed by atoms with E-state index in [0.29, 0.717) is 0 Å². The van der Waals surface area contributed by atoms with Crippen molar-refractivity contribution in [1.29, 1.82) is 0 Å². The molecule has 1 nitrogen and oxygen atoms in total. The van der Waals surface area contributed by atoms with Gasteiger partial charge in [-0.25, -0.2) is 0 Å². The molecule has 0 spiro atoms. The first-order chi connectivity index (χ1) is 8.49. The molecule has 4 heteroatoms. The zero-order valence-corrected chi connectivity index (χ0v) is 14.5. The van der Waals surface area contributed by atoms with Crippen LogP contribution in [0.25, 0.3) is 0 Å². The Morgan fingerprint density at radius 3 is 2.17 bits per heavy atom. The Bertz CT molecular complexity index is 564. The zero-order chi connectivity index (χ0) is 13.3. The highest BCUT2D eigenvalue weighted by atomic mass is 79.9. The van der Waals surface area contributed by atoms with Crippen molar-refractivity contribution in [1.82, 2.24) is 0 Å². The van der Waals surface area contributed by atoms with Gasteiger partial charge >= 0.3 is 0 Å². The van der Waals surface area contributed by atoms with Crippen LogP contribution in [0.4, 0.5) is 0 Å². The SMILES string of the molecule is Cc1cc(Br)c(C(N)c2ccc(Br)cc2)cc1Br. The molecule has 2 N–H and O–H groups in total. The van der Waals surface area contributed by atoms with Crippen molar-refractivity contribution in [2.75, 3.05) is 0 Å². The first-order valence-corrected chi connectivity index (χ1v) is 7.83. The van der Waals surface area contributed by atoms with Crippen molar-refractivity contribution in [3.05, 3.63) is 66.5 Å². The van der Waals surface area contributed by atoms with E-state index in [2.05, 4.69) is 66.8 Å². The van der Waals surface area contributed by atoms with Crippen molar-refractivity contribution in [3.8, 4) is 0 Å². The Labute approximate surface area is 132 Å². The quantitative estimate of drug-likeness (QED) is 0.680. The molecule has 94 valence electrons. The maximum absolute atomic E-state index is 6.32. The highest BCUT2D eigenvalue weighted by Crippen LogP contribution is 2.32. The second-order valence-electron chi connectivity index (χ2n) is 4.15. The molecule has 2 rings (SSSR count). The van der Waals surface area contributed by atoms with Crippen molar-refractivity contribution in [2.45, 2.75) is 13.0 Å². The third-order valence-electron chi connectivity index (χ3n) is 2.84. The van der Waals surface area contributed by atoms with Gasteiger partial charge in [-0.05, 0) is 47.9 Å². The summed E-state index contributed by atoms with van der Waals surface area (Å²) >= 11 is 10.6. The van der Waals surface area contributed by atoms with Crippen LogP contribution >= 0.6 is 47.8 Å². The predicted molar refractivity (Wildman–Crippen MR) is 86.8 cm³/mol. The topological polar surface area (TPSA) is 26.0 Å². The summed E-state index contributed by atoms with van der Waals surface area (Å²) in [5.74, 6) is 0. The fourth-order valence-electron chi connectivity index (χ4n) is 1.75. The fraction of sp³-hybridized carbons (Fsp3) is 0.143. The summed E-state index contributed by atoms with van der Waals surface area (Å²) in [5.41, 5.74) is 9.68. The van der Waals surface area contributed by atoms with Crippen molar-refractivity contribution in [2.24, 2.45) is 5.73 Å². The Morgan fingerprint density at radius 2 is 1.56 bits per heavy atom. The van der Waals surface area contributed by atoms with Crippen molar-refractivity contribution < 1.29 is 0 Å². The lowest BCUT2D eigenvalue weighted by Gasteiger charge is -2.16. The lowest BCUT2D eigenvalue weighted by atomic mass is 9.99. The van der Waals surface area contributed by atoms with Gasteiger partial charge in [0.2, 0.25) is 0 Å². The smallest absolute Gasteiger partial charge is 0.0563 e. The molecule has 0 amide bonds. The maximum Gasteiger partial charge on any atom is 0.0563 e. The van der Waals surface area contributed by atoms with E-state index in [-0.39, 0.29) is 6.04 Å². The normalized spacial score (nSPS) is 12.5. The van der Waals surface area contributed by atoms with Gasteiger partial charge in [0, 0.05) is 13.4 Å². The summed E-state index contributed by atoms with van der Waals surface area (Å²) in [4.78, 5) is 0. The van der Waals surface area contributed by atoms with Gasteiger partial charge in [0.25, 0.3) is 0 Å². The molecule has 0 radical (unpaired) electrons. The molecule has 1 atom stereocenters. The van der Waals surface area contributed by atoms with E-state index in [9.17, 15) is 0 Å². The van der Waals surface area contributed by atoms with Gasteiger partial charge in [0.15, 0.2) is 0 Å². The highest BCUT2D eigenvalue weighted by Gasteiger charge is 2.13. The van der Waals surface area contributed by atoms with E-state index in [1.54, 1.807) is 0 Å². The van der Waals surface area contributed by atoms with Crippen LogP contribution in [0.2, 0.25) is 0 Å². The zero-order valence-electron chi connectivity index (χ0n) is 9.75.